The number of carbonyl (C=O) groups excluding carboxylic acids is 3. The molecule has 2 amide bonds. The average Bonchev–Trinajstić information content (AvgIpc) is 2.91. The van der Waals surface area contributed by atoms with Gasteiger partial charge in [0.15, 0.2) is 5.78 Å². The van der Waals surface area contributed by atoms with Crippen molar-refractivity contribution in [2.45, 2.75) is 24.5 Å². The Morgan fingerprint density at radius 2 is 1.80 bits per heavy atom. The minimum absolute atomic E-state index is 0.0162. The van der Waals surface area contributed by atoms with E-state index in [9.17, 15) is 19.5 Å². The number of carbonyl (C=O) groups is 3. The topological polar surface area (TPSA) is 83.5 Å². The number of aryl methyl sites for hydroxylation is 1. The molecule has 0 spiro atoms. The molecule has 0 saturated carbocycles. The van der Waals surface area contributed by atoms with Crippen LogP contribution in [-0.2, 0) is 17.6 Å². The number of hydrogen-bond acceptors (Lipinski definition) is 5. The number of benzene rings is 2. The molecule has 128 valence electrons. The van der Waals surface area contributed by atoms with E-state index < -0.39 is 0 Å². The van der Waals surface area contributed by atoms with Crippen LogP contribution in [0, 0.1) is 0 Å². The molecule has 1 heterocycles. The summed E-state index contributed by atoms with van der Waals surface area (Å²) in [4.78, 5) is 34.9. The molecule has 2 aromatic rings. The number of nitrogens with one attached hydrogen (secondary N) is 1. The van der Waals surface area contributed by atoms with Crippen molar-refractivity contribution < 1.29 is 19.5 Å². The largest absolute Gasteiger partial charge is 0.508 e. The summed E-state index contributed by atoms with van der Waals surface area (Å²) >= 11 is 1.02. The molecular weight excluding hydrogens is 338 g/mol. The van der Waals surface area contributed by atoms with E-state index in [0.29, 0.717) is 24.8 Å². The van der Waals surface area contributed by atoms with E-state index in [-0.39, 0.29) is 27.9 Å². The molecule has 5 nitrogen and oxygen atoms in total. The van der Waals surface area contributed by atoms with Crippen molar-refractivity contribution in [3.05, 3.63) is 65.2 Å². The van der Waals surface area contributed by atoms with Crippen LogP contribution in [0.15, 0.2) is 48.5 Å². The fraction of sp³-hybridized carbons (Fsp3) is 0.211. The summed E-state index contributed by atoms with van der Waals surface area (Å²) in [5.74, 6) is -0.171. The number of imide groups is 1. The van der Waals surface area contributed by atoms with Gasteiger partial charge in [0.2, 0.25) is 5.91 Å². The first-order chi connectivity index (χ1) is 12.0. The van der Waals surface area contributed by atoms with Gasteiger partial charge in [-0.05, 0) is 36.1 Å². The standard InChI is InChI=1S/C19H17NO4S/c21-15-3-1-2-14(11-15)16(22)9-8-12-4-6-13(7-5-12)10-17-18(23)20-19(24)25-17/h1-7,11,17,21H,8-10H2,(H,20,23,24). The second-order valence-corrected chi connectivity index (χ2v) is 7.05. The molecule has 2 N–H and O–H groups in total. The number of phenols is 1. The molecule has 0 radical (unpaired) electrons. The van der Waals surface area contributed by atoms with Gasteiger partial charge >= 0.3 is 0 Å². The Bertz CT molecular complexity index is 816. The molecule has 0 aliphatic carbocycles. The van der Waals surface area contributed by atoms with E-state index >= 15 is 0 Å². The summed E-state index contributed by atoms with van der Waals surface area (Å²) in [6, 6.07) is 14.1. The van der Waals surface area contributed by atoms with Gasteiger partial charge in [0.05, 0.1) is 5.25 Å². The molecular formula is C19H17NO4S. The first-order valence-electron chi connectivity index (χ1n) is 7.93. The van der Waals surface area contributed by atoms with Crippen LogP contribution < -0.4 is 5.32 Å². The maximum atomic E-state index is 12.1. The zero-order valence-corrected chi connectivity index (χ0v) is 14.2. The van der Waals surface area contributed by atoms with Crippen molar-refractivity contribution in [3.63, 3.8) is 0 Å². The lowest BCUT2D eigenvalue weighted by Gasteiger charge is -2.07. The second-order valence-electron chi connectivity index (χ2n) is 5.88. The Balaban J connectivity index is 1.55. The van der Waals surface area contributed by atoms with E-state index in [4.69, 9.17) is 0 Å². The smallest absolute Gasteiger partial charge is 0.286 e. The van der Waals surface area contributed by atoms with Crippen LogP contribution in [0.3, 0.4) is 0 Å². The lowest BCUT2D eigenvalue weighted by Crippen LogP contribution is -2.25. The number of rotatable bonds is 6. The van der Waals surface area contributed by atoms with Gasteiger partial charge in [-0.1, -0.05) is 48.2 Å². The van der Waals surface area contributed by atoms with Crippen LogP contribution in [0.1, 0.15) is 27.9 Å². The average molecular weight is 355 g/mol. The first kappa shape index (κ1) is 17.2. The molecule has 1 saturated heterocycles. The van der Waals surface area contributed by atoms with Gasteiger partial charge in [0, 0.05) is 12.0 Å². The molecule has 1 atom stereocenters. The maximum Gasteiger partial charge on any atom is 0.286 e. The summed E-state index contributed by atoms with van der Waals surface area (Å²) in [5.41, 5.74) is 2.51. The summed E-state index contributed by atoms with van der Waals surface area (Å²) in [6.45, 7) is 0. The number of amides is 2. The molecule has 1 unspecified atom stereocenters. The van der Waals surface area contributed by atoms with Gasteiger partial charge in [-0.3, -0.25) is 19.7 Å². The van der Waals surface area contributed by atoms with Crippen molar-refractivity contribution >= 4 is 28.7 Å². The lowest BCUT2D eigenvalue weighted by atomic mass is 10.0. The van der Waals surface area contributed by atoms with Gasteiger partial charge in [0.25, 0.3) is 5.24 Å². The van der Waals surface area contributed by atoms with Crippen LogP contribution in [-0.4, -0.2) is 27.3 Å². The van der Waals surface area contributed by atoms with Crippen LogP contribution >= 0.6 is 11.8 Å². The van der Waals surface area contributed by atoms with Gasteiger partial charge in [0.1, 0.15) is 5.75 Å². The van der Waals surface area contributed by atoms with Gasteiger partial charge in [-0.15, -0.1) is 0 Å². The van der Waals surface area contributed by atoms with Crippen LogP contribution in [0.4, 0.5) is 4.79 Å². The molecule has 6 heteroatoms. The SMILES string of the molecule is O=C1NC(=O)C(Cc2ccc(CCC(=O)c3cccc(O)c3)cc2)S1. The monoisotopic (exact) mass is 355 g/mol. The van der Waals surface area contributed by atoms with Crippen molar-refractivity contribution in [2.24, 2.45) is 0 Å². The Kier molecular flexibility index (Phi) is 5.19. The van der Waals surface area contributed by atoms with Crippen molar-refractivity contribution in [2.75, 3.05) is 0 Å². The summed E-state index contributed by atoms with van der Waals surface area (Å²) in [6.07, 6.45) is 1.47. The Labute approximate surface area is 149 Å². The highest BCUT2D eigenvalue weighted by atomic mass is 32.2. The van der Waals surface area contributed by atoms with E-state index in [0.717, 1.165) is 22.9 Å². The maximum absolute atomic E-state index is 12.1. The second kappa shape index (κ2) is 7.53. The van der Waals surface area contributed by atoms with E-state index in [2.05, 4.69) is 5.32 Å². The quantitative estimate of drug-likeness (QED) is 0.778. The van der Waals surface area contributed by atoms with Gasteiger partial charge in [-0.25, -0.2) is 0 Å². The molecule has 1 aliphatic rings. The highest BCUT2D eigenvalue weighted by Gasteiger charge is 2.31. The highest BCUT2D eigenvalue weighted by molar-refractivity contribution is 8.15. The van der Waals surface area contributed by atoms with Crippen molar-refractivity contribution in [1.82, 2.24) is 5.32 Å². The van der Waals surface area contributed by atoms with Gasteiger partial charge in [-0.2, -0.15) is 0 Å². The number of phenolic OH excluding ortho intramolecular Hbond substituents is 1. The molecule has 3 rings (SSSR count). The minimum atomic E-state index is -0.370. The van der Waals surface area contributed by atoms with Crippen LogP contribution in [0.5, 0.6) is 5.75 Å². The number of ketones is 1. The van der Waals surface area contributed by atoms with E-state index in [1.54, 1.807) is 12.1 Å². The number of hydrogen-bond donors (Lipinski definition) is 2. The molecule has 1 aliphatic heterocycles. The third-order valence-electron chi connectivity index (χ3n) is 4.02. The zero-order valence-electron chi connectivity index (χ0n) is 13.4. The predicted molar refractivity (Wildman–Crippen MR) is 95.8 cm³/mol. The summed E-state index contributed by atoms with van der Waals surface area (Å²) in [5, 5.41) is 11.0. The molecule has 1 fully saturated rings. The Morgan fingerprint density at radius 3 is 2.44 bits per heavy atom. The van der Waals surface area contributed by atoms with E-state index in [1.807, 2.05) is 24.3 Å². The summed E-state index contributed by atoms with van der Waals surface area (Å²) < 4.78 is 0. The molecule has 0 bridgehead atoms. The van der Waals surface area contributed by atoms with E-state index in [1.165, 1.54) is 12.1 Å². The minimum Gasteiger partial charge on any atom is -0.508 e. The first-order valence-corrected chi connectivity index (χ1v) is 8.81. The van der Waals surface area contributed by atoms with Crippen molar-refractivity contribution in [3.8, 4) is 5.75 Å². The Hall–Kier alpha value is -2.60. The third-order valence-corrected chi connectivity index (χ3v) is 5.00. The van der Waals surface area contributed by atoms with Crippen LogP contribution in [0.25, 0.3) is 0 Å². The number of Topliss-reactive ketones (excluding diaryl/α,β-unsaturated/α-hetero) is 1. The number of aromatic hydroxyl groups is 1. The molecule has 25 heavy (non-hydrogen) atoms. The van der Waals surface area contributed by atoms with Crippen molar-refractivity contribution in [1.29, 1.82) is 0 Å². The predicted octanol–water partition coefficient (Wildman–Crippen LogP) is 3.10. The third kappa shape index (κ3) is 4.48. The highest BCUT2D eigenvalue weighted by Crippen LogP contribution is 2.23. The lowest BCUT2D eigenvalue weighted by molar-refractivity contribution is -0.118. The fourth-order valence-corrected chi connectivity index (χ4v) is 3.52. The van der Waals surface area contributed by atoms with Crippen LogP contribution in [0.2, 0.25) is 0 Å². The zero-order chi connectivity index (χ0) is 17.8. The fourth-order valence-electron chi connectivity index (χ4n) is 2.67. The normalized spacial score (nSPS) is 16.7. The number of thioether (sulfide) groups is 1. The van der Waals surface area contributed by atoms with Gasteiger partial charge < -0.3 is 5.11 Å². The molecule has 0 aromatic heterocycles. The Morgan fingerprint density at radius 1 is 1.08 bits per heavy atom. The molecule has 2 aromatic carbocycles. The summed E-state index contributed by atoms with van der Waals surface area (Å²) in [7, 11) is 0.